The van der Waals surface area contributed by atoms with Crippen molar-refractivity contribution in [2.45, 2.75) is 12.5 Å². The molecule has 2 amide bonds. The minimum absolute atomic E-state index is 0.0173. The van der Waals surface area contributed by atoms with Crippen LogP contribution in [0, 0.1) is 0 Å². The molecule has 1 saturated heterocycles. The molecule has 3 N–H and O–H groups in total. The van der Waals surface area contributed by atoms with Crippen molar-refractivity contribution in [1.82, 2.24) is 16.0 Å². The molecule has 0 saturated carbocycles. The van der Waals surface area contributed by atoms with Gasteiger partial charge in [0, 0.05) is 49.2 Å². The molecule has 0 aliphatic carbocycles. The molecule has 7 heteroatoms. The molecule has 1 aliphatic rings. The van der Waals surface area contributed by atoms with Gasteiger partial charge in [-0.1, -0.05) is 0 Å². The maximum Gasteiger partial charge on any atom is 0.251 e. The molecular formula is C16H23N3O3S. The molecule has 0 spiro atoms. The third kappa shape index (κ3) is 6.11. The number of benzene rings is 1. The number of carbonyl (C=O) groups excluding carboxylic acids is 2. The lowest BCUT2D eigenvalue weighted by atomic mass is 10.2. The van der Waals surface area contributed by atoms with Gasteiger partial charge in [-0.05, 0) is 24.3 Å². The van der Waals surface area contributed by atoms with E-state index in [1.165, 1.54) is 0 Å². The van der Waals surface area contributed by atoms with Gasteiger partial charge in [0.1, 0.15) is 5.75 Å². The standard InChI is InChI=1S/C16H23N3O3S/c1-22-14-4-2-12(3-5-14)16(21)19-7-6-18-15(20)10-13-11-23-9-8-17-13/h2-5,13,17H,6-11H2,1H3,(H,18,20)(H,19,21). The zero-order valence-corrected chi connectivity index (χ0v) is 14.1. The molecule has 1 unspecified atom stereocenters. The highest BCUT2D eigenvalue weighted by Gasteiger charge is 2.16. The Morgan fingerprint density at radius 2 is 2.00 bits per heavy atom. The third-order valence-corrected chi connectivity index (χ3v) is 4.65. The van der Waals surface area contributed by atoms with E-state index < -0.39 is 0 Å². The molecule has 126 valence electrons. The Kier molecular flexibility index (Phi) is 7.22. The van der Waals surface area contributed by atoms with E-state index in [2.05, 4.69) is 16.0 Å². The number of thioether (sulfide) groups is 1. The Morgan fingerprint density at radius 3 is 2.65 bits per heavy atom. The van der Waals surface area contributed by atoms with Crippen molar-refractivity contribution >= 4 is 23.6 Å². The van der Waals surface area contributed by atoms with E-state index in [9.17, 15) is 9.59 Å². The van der Waals surface area contributed by atoms with E-state index in [0.29, 0.717) is 30.8 Å². The number of ether oxygens (including phenoxy) is 1. The first-order valence-corrected chi connectivity index (χ1v) is 8.84. The summed E-state index contributed by atoms with van der Waals surface area (Å²) in [5.74, 6) is 2.65. The van der Waals surface area contributed by atoms with Crippen LogP contribution in [0.25, 0.3) is 0 Å². The van der Waals surface area contributed by atoms with Crippen molar-refractivity contribution in [1.29, 1.82) is 0 Å². The molecule has 23 heavy (non-hydrogen) atoms. The number of methoxy groups -OCH3 is 1. The predicted molar refractivity (Wildman–Crippen MR) is 92.1 cm³/mol. The molecule has 1 aromatic rings. The van der Waals surface area contributed by atoms with Gasteiger partial charge in [0.25, 0.3) is 5.91 Å². The van der Waals surface area contributed by atoms with Gasteiger partial charge < -0.3 is 20.7 Å². The molecule has 1 atom stereocenters. The maximum atomic E-state index is 11.9. The Balaban J connectivity index is 1.62. The second-order valence-electron chi connectivity index (χ2n) is 5.26. The van der Waals surface area contributed by atoms with E-state index in [4.69, 9.17) is 4.74 Å². The first-order valence-electron chi connectivity index (χ1n) is 7.69. The summed E-state index contributed by atoms with van der Waals surface area (Å²) in [6, 6.07) is 7.15. The summed E-state index contributed by atoms with van der Waals surface area (Å²) in [7, 11) is 1.58. The van der Waals surface area contributed by atoms with Crippen LogP contribution in [0.3, 0.4) is 0 Å². The van der Waals surface area contributed by atoms with Crippen LogP contribution in [0.1, 0.15) is 16.8 Å². The summed E-state index contributed by atoms with van der Waals surface area (Å²) in [5.41, 5.74) is 0.570. The second-order valence-corrected chi connectivity index (χ2v) is 6.41. The first kappa shape index (κ1) is 17.6. The topological polar surface area (TPSA) is 79.5 Å². The van der Waals surface area contributed by atoms with Crippen molar-refractivity contribution in [3.8, 4) is 5.75 Å². The maximum absolute atomic E-state index is 11.9. The van der Waals surface area contributed by atoms with Crippen LogP contribution >= 0.6 is 11.8 Å². The quantitative estimate of drug-likeness (QED) is 0.636. The molecule has 1 aliphatic heterocycles. The monoisotopic (exact) mass is 337 g/mol. The van der Waals surface area contributed by atoms with Gasteiger partial charge in [-0.25, -0.2) is 0 Å². The lowest BCUT2D eigenvalue weighted by Crippen LogP contribution is -2.42. The smallest absolute Gasteiger partial charge is 0.251 e. The summed E-state index contributed by atoms with van der Waals surface area (Å²) < 4.78 is 5.05. The zero-order valence-electron chi connectivity index (χ0n) is 13.3. The van der Waals surface area contributed by atoms with Crippen LogP contribution in [0.15, 0.2) is 24.3 Å². The van der Waals surface area contributed by atoms with Crippen LogP contribution in [-0.4, -0.2) is 56.1 Å². The molecule has 0 radical (unpaired) electrons. The largest absolute Gasteiger partial charge is 0.497 e. The van der Waals surface area contributed by atoms with Gasteiger partial charge in [0.2, 0.25) is 5.91 Å². The van der Waals surface area contributed by atoms with Gasteiger partial charge in [-0.15, -0.1) is 0 Å². The minimum atomic E-state index is -0.160. The number of hydrogen-bond acceptors (Lipinski definition) is 5. The van der Waals surface area contributed by atoms with Gasteiger partial charge in [0.05, 0.1) is 7.11 Å². The molecule has 2 rings (SSSR count). The summed E-state index contributed by atoms with van der Waals surface area (Å²) in [6.45, 7) is 1.80. The minimum Gasteiger partial charge on any atom is -0.497 e. The first-order chi connectivity index (χ1) is 11.2. The molecule has 0 aromatic heterocycles. The lowest BCUT2D eigenvalue weighted by molar-refractivity contribution is -0.121. The highest BCUT2D eigenvalue weighted by molar-refractivity contribution is 7.99. The van der Waals surface area contributed by atoms with Crippen molar-refractivity contribution in [2.24, 2.45) is 0 Å². The summed E-state index contributed by atoms with van der Waals surface area (Å²) in [5, 5.41) is 8.94. The fourth-order valence-electron chi connectivity index (χ4n) is 2.27. The molecular weight excluding hydrogens is 314 g/mol. The molecule has 0 bridgehead atoms. The van der Waals surface area contributed by atoms with Gasteiger partial charge >= 0.3 is 0 Å². The highest BCUT2D eigenvalue weighted by Crippen LogP contribution is 2.11. The van der Waals surface area contributed by atoms with E-state index in [-0.39, 0.29) is 17.9 Å². The van der Waals surface area contributed by atoms with Crippen LogP contribution in [0.4, 0.5) is 0 Å². The Morgan fingerprint density at radius 1 is 1.26 bits per heavy atom. The van der Waals surface area contributed by atoms with Crippen LogP contribution in [-0.2, 0) is 4.79 Å². The molecule has 1 fully saturated rings. The van der Waals surface area contributed by atoms with Crippen molar-refractivity contribution in [2.75, 3.05) is 38.2 Å². The molecule has 1 aromatic carbocycles. The fourth-order valence-corrected chi connectivity index (χ4v) is 3.22. The van der Waals surface area contributed by atoms with Crippen molar-refractivity contribution in [3.63, 3.8) is 0 Å². The number of hydrogen-bond donors (Lipinski definition) is 3. The van der Waals surface area contributed by atoms with Crippen molar-refractivity contribution in [3.05, 3.63) is 29.8 Å². The number of nitrogens with one attached hydrogen (secondary N) is 3. The fraction of sp³-hybridized carbons (Fsp3) is 0.500. The second kappa shape index (κ2) is 9.42. The summed E-state index contributed by atoms with van der Waals surface area (Å²) in [4.78, 5) is 23.7. The highest BCUT2D eigenvalue weighted by atomic mass is 32.2. The molecule has 1 heterocycles. The average Bonchev–Trinajstić information content (AvgIpc) is 2.59. The predicted octanol–water partition coefficient (Wildman–Crippen LogP) is 0.636. The van der Waals surface area contributed by atoms with E-state index >= 15 is 0 Å². The Hall–Kier alpha value is -1.73. The van der Waals surface area contributed by atoms with Crippen LogP contribution in [0.2, 0.25) is 0 Å². The third-order valence-electron chi connectivity index (χ3n) is 3.52. The lowest BCUT2D eigenvalue weighted by Gasteiger charge is -2.22. The average molecular weight is 337 g/mol. The zero-order chi connectivity index (χ0) is 16.5. The van der Waals surface area contributed by atoms with E-state index in [0.717, 1.165) is 18.1 Å². The van der Waals surface area contributed by atoms with Gasteiger partial charge in [0.15, 0.2) is 0 Å². The summed E-state index contributed by atoms with van der Waals surface area (Å²) in [6.07, 6.45) is 0.486. The van der Waals surface area contributed by atoms with E-state index in [1.54, 1.807) is 31.4 Å². The van der Waals surface area contributed by atoms with Crippen LogP contribution in [0.5, 0.6) is 5.75 Å². The number of carbonyl (C=O) groups is 2. The SMILES string of the molecule is COc1ccc(C(=O)NCCNC(=O)CC2CSCCN2)cc1. The Labute approximate surface area is 140 Å². The molecule has 6 nitrogen and oxygen atoms in total. The van der Waals surface area contributed by atoms with Crippen molar-refractivity contribution < 1.29 is 14.3 Å². The normalized spacial score (nSPS) is 17.3. The van der Waals surface area contributed by atoms with Gasteiger partial charge in [-0.2, -0.15) is 11.8 Å². The Bertz CT molecular complexity index is 516. The van der Waals surface area contributed by atoms with Crippen LogP contribution < -0.4 is 20.7 Å². The number of amides is 2. The number of rotatable bonds is 7. The van der Waals surface area contributed by atoms with Gasteiger partial charge in [-0.3, -0.25) is 9.59 Å². The van der Waals surface area contributed by atoms with E-state index in [1.807, 2.05) is 11.8 Å². The summed E-state index contributed by atoms with van der Waals surface area (Å²) >= 11 is 1.87.